The van der Waals surface area contributed by atoms with Crippen LogP contribution in [0.15, 0.2) is 18.2 Å². The van der Waals surface area contributed by atoms with Crippen molar-refractivity contribution in [3.8, 4) is 0 Å². The van der Waals surface area contributed by atoms with Gasteiger partial charge >= 0.3 is 0 Å². The summed E-state index contributed by atoms with van der Waals surface area (Å²) in [5.41, 5.74) is 6.77. The summed E-state index contributed by atoms with van der Waals surface area (Å²) in [4.78, 5) is 0. The molecule has 1 aliphatic carbocycles. The second-order valence-electron chi connectivity index (χ2n) is 4.07. The molecule has 0 saturated heterocycles. The molecule has 0 bridgehead atoms. The molecule has 90 valence electrons. The third-order valence-electron chi connectivity index (χ3n) is 3.31. The van der Waals surface area contributed by atoms with Crippen LogP contribution in [0.3, 0.4) is 0 Å². The lowest BCUT2D eigenvalue weighted by atomic mass is 9.93. The Balaban J connectivity index is 0.00000128. The number of hydrogen-bond acceptors (Lipinski definition) is 2. The summed E-state index contributed by atoms with van der Waals surface area (Å²) in [6.07, 6.45) is 0.929. The Morgan fingerprint density at radius 3 is 2.50 bits per heavy atom. The van der Waals surface area contributed by atoms with Crippen LogP contribution in [-0.4, -0.2) is 18.3 Å². The SMILES string of the molecule is Cl.NCC1(c2ccc(Cl)c(Cl)c2)CC1CO. The molecule has 0 amide bonds. The van der Waals surface area contributed by atoms with E-state index in [9.17, 15) is 0 Å². The molecule has 2 atom stereocenters. The fourth-order valence-corrected chi connectivity index (χ4v) is 2.45. The molecular weight excluding hydrogens is 268 g/mol. The first-order chi connectivity index (χ1) is 7.14. The van der Waals surface area contributed by atoms with E-state index in [0.717, 1.165) is 12.0 Å². The van der Waals surface area contributed by atoms with Crippen LogP contribution >= 0.6 is 35.6 Å². The number of halogens is 3. The molecule has 0 spiro atoms. The third kappa shape index (κ3) is 2.18. The van der Waals surface area contributed by atoms with E-state index in [2.05, 4.69) is 0 Å². The monoisotopic (exact) mass is 281 g/mol. The van der Waals surface area contributed by atoms with Gasteiger partial charge in [0.1, 0.15) is 0 Å². The van der Waals surface area contributed by atoms with Crippen LogP contribution < -0.4 is 5.73 Å². The Morgan fingerprint density at radius 2 is 2.06 bits per heavy atom. The van der Waals surface area contributed by atoms with E-state index in [0.29, 0.717) is 16.6 Å². The largest absolute Gasteiger partial charge is 0.396 e. The lowest BCUT2D eigenvalue weighted by molar-refractivity contribution is 0.264. The van der Waals surface area contributed by atoms with Gasteiger partial charge in [-0.05, 0) is 30.0 Å². The summed E-state index contributed by atoms with van der Waals surface area (Å²) in [6, 6.07) is 5.58. The normalized spacial score (nSPS) is 27.4. The quantitative estimate of drug-likeness (QED) is 0.895. The Hall–Kier alpha value is 0.01000. The second-order valence-corrected chi connectivity index (χ2v) is 4.89. The highest BCUT2D eigenvalue weighted by atomic mass is 35.5. The molecule has 16 heavy (non-hydrogen) atoms. The van der Waals surface area contributed by atoms with Gasteiger partial charge in [0.2, 0.25) is 0 Å². The molecule has 2 nitrogen and oxygen atoms in total. The van der Waals surface area contributed by atoms with Crippen molar-refractivity contribution < 1.29 is 5.11 Å². The Kier molecular flexibility index (Phi) is 4.49. The van der Waals surface area contributed by atoms with Crippen LogP contribution in [0.25, 0.3) is 0 Å². The zero-order valence-electron chi connectivity index (χ0n) is 8.62. The fraction of sp³-hybridized carbons (Fsp3) is 0.455. The van der Waals surface area contributed by atoms with E-state index in [1.54, 1.807) is 6.07 Å². The van der Waals surface area contributed by atoms with Crippen molar-refractivity contribution in [3.05, 3.63) is 33.8 Å². The number of benzene rings is 1. The molecule has 1 aliphatic rings. The average Bonchev–Trinajstić information content (AvgIpc) is 2.97. The van der Waals surface area contributed by atoms with Gasteiger partial charge < -0.3 is 10.8 Å². The first kappa shape index (κ1) is 14.1. The van der Waals surface area contributed by atoms with Gasteiger partial charge in [-0.25, -0.2) is 0 Å². The molecule has 1 aromatic carbocycles. The minimum Gasteiger partial charge on any atom is -0.396 e. The second kappa shape index (κ2) is 5.11. The Bertz CT molecular complexity index is 385. The van der Waals surface area contributed by atoms with Gasteiger partial charge in [-0.15, -0.1) is 12.4 Å². The zero-order chi connectivity index (χ0) is 11.1. The molecule has 0 aromatic heterocycles. The summed E-state index contributed by atoms with van der Waals surface area (Å²) in [6.45, 7) is 0.716. The predicted molar refractivity (Wildman–Crippen MR) is 69.6 cm³/mol. The smallest absolute Gasteiger partial charge is 0.0595 e. The number of aliphatic hydroxyl groups is 1. The zero-order valence-corrected chi connectivity index (χ0v) is 10.9. The minimum absolute atomic E-state index is 0. The number of nitrogens with two attached hydrogens (primary N) is 1. The van der Waals surface area contributed by atoms with Gasteiger partial charge in [0.25, 0.3) is 0 Å². The first-order valence-corrected chi connectivity index (χ1v) is 5.66. The number of hydrogen-bond donors (Lipinski definition) is 2. The van der Waals surface area contributed by atoms with Gasteiger partial charge in [-0.1, -0.05) is 29.3 Å². The number of aliphatic hydroxyl groups excluding tert-OH is 1. The lowest BCUT2D eigenvalue weighted by Gasteiger charge is -2.15. The summed E-state index contributed by atoms with van der Waals surface area (Å²) in [5, 5.41) is 10.2. The van der Waals surface area contributed by atoms with Crippen molar-refractivity contribution >= 4 is 35.6 Å². The van der Waals surface area contributed by atoms with Crippen molar-refractivity contribution in [2.24, 2.45) is 11.7 Å². The van der Waals surface area contributed by atoms with Crippen molar-refractivity contribution in [3.63, 3.8) is 0 Å². The summed E-state index contributed by atoms with van der Waals surface area (Å²) < 4.78 is 0. The molecule has 0 heterocycles. The predicted octanol–water partition coefficient (Wildman–Crippen LogP) is 2.62. The van der Waals surface area contributed by atoms with E-state index in [4.69, 9.17) is 34.0 Å². The maximum Gasteiger partial charge on any atom is 0.0595 e. The topological polar surface area (TPSA) is 46.2 Å². The highest BCUT2D eigenvalue weighted by molar-refractivity contribution is 6.42. The van der Waals surface area contributed by atoms with Crippen LogP contribution in [0.2, 0.25) is 10.0 Å². The average molecular weight is 283 g/mol. The van der Waals surface area contributed by atoms with E-state index in [1.807, 2.05) is 12.1 Å². The maximum atomic E-state index is 9.14. The van der Waals surface area contributed by atoms with Crippen LogP contribution in [0.4, 0.5) is 0 Å². The fourth-order valence-electron chi connectivity index (χ4n) is 2.15. The van der Waals surface area contributed by atoms with Gasteiger partial charge in [0.05, 0.1) is 10.0 Å². The summed E-state index contributed by atoms with van der Waals surface area (Å²) in [5.74, 6) is 0.264. The highest BCUT2D eigenvalue weighted by Gasteiger charge is 2.53. The Labute approximate surface area is 111 Å². The maximum absolute atomic E-state index is 9.14. The molecule has 5 heteroatoms. The van der Waals surface area contributed by atoms with E-state index in [-0.39, 0.29) is 30.3 Å². The van der Waals surface area contributed by atoms with Crippen LogP contribution in [0.1, 0.15) is 12.0 Å². The third-order valence-corrected chi connectivity index (χ3v) is 4.05. The highest BCUT2D eigenvalue weighted by Crippen LogP contribution is 2.53. The molecule has 0 radical (unpaired) electrons. The van der Waals surface area contributed by atoms with Crippen molar-refractivity contribution in [1.82, 2.24) is 0 Å². The number of rotatable bonds is 3. The molecule has 2 rings (SSSR count). The van der Waals surface area contributed by atoms with Gasteiger partial charge in [-0.3, -0.25) is 0 Å². The van der Waals surface area contributed by atoms with Crippen molar-refractivity contribution in [1.29, 1.82) is 0 Å². The molecule has 1 saturated carbocycles. The van der Waals surface area contributed by atoms with Gasteiger partial charge in [-0.2, -0.15) is 0 Å². The molecular formula is C11H14Cl3NO. The van der Waals surface area contributed by atoms with Crippen molar-refractivity contribution in [2.45, 2.75) is 11.8 Å². The Morgan fingerprint density at radius 1 is 1.38 bits per heavy atom. The molecule has 0 aliphatic heterocycles. The van der Waals surface area contributed by atoms with Crippen LogP contribution in [0.5, 0.6) is 0 Å². The van der Waals surface area contributed by atoms with Gasteiger partial charge in [0.15, 0.2) is 0 Å². The first-order valence-electron chi connectivity index (χ1n) is 4.90. The lowest BCUT2D eigenvalue weighted by Crippen LogP contribution is -2.23. The molecule has 3 N–H and O–H groups in total. The van der Waals surface area contributed by atoms with Crippen molar-refractivity contribution in [2.75, 3.05) is 13.2 Å². The van der Waals surface area contributed by atoms with E-state index < -0.39 is 0 Å². The minimum atomic E-state index is -0.0804. The van der Waals surface area contributed by atoms with Crippen LogP contribution in [0, 0.1) is 5.92 Å². The summed E-state index contributed by atoms with van der Waals surface area (Å²) in [7, 11) is 0. The molecule has 2 unspecified atom stereocenters. The van der Waals surface area contributed by atoms with Gasteiger partial charge in [0, 0.05) is 18.6 Å². The standard InChI is InChI=1S/C11H13Cl2NO.ClH/c12-9-2-1-7(3-10(9)13)11(6-14)4-8(11)5-15;/h1-3,8,15H,4-6,14H2;1H. The summed E-state index contributed by atoms with van der Waals surface area (Å²) >= 11 is 11.8. The van der Waals surface area contributed by atoms with E-state index in [1.165, 1.54) is 0 Å². The van der Waals surface area contributed by atoms with E-state index >= 15 is 0 Å². The molecule has 1 fully saturated rings. The molecule has 1 aromatic rings. The van der Waals surface area contributed by atoms with Crippen LogP contribution in [-0.2, 0) is 5.41 Å².